The van der Waals surface area contributed by atoms with E-state index in [0.29, 0.717) is 22.4 Å². The van der Waals surface area contributed by atoms with Crippen LogP contribution in [0.2, 0.25) is 0 Å². The van der Waals surface area contributed by atoms with Crippen LogP contribution >= 0.6 is 0 Å². The molecule has 0 spiro atoms. The van der Waals surface area contributed by atoms with Crippen LogP contribution in [0.3, 0.4) is 0 Å². The number of hydrogen-bond donors (Lipinski definition) is 2. The Morgan fingerprint density at radius 3 is 2.90 bits per heavy atom. The third kappa shape index (κ3) is 2.36. The van der Waals surface area contributed by atoms with Crippen LogP contribution in [0.5, 0.6) is 0 Å². The minimum Gasteiger partial charge on any atom is -0.369 e. The van der Waals surface area contributed by atoms with E-state index in [4.69, 9.17) is 0 Å². The Morgan fingerprint density at radius 2 is 2.19 bits per heavy atom. The highest BCUT2D eigenvalue weighted by atomic mass is 16.6. The van der Waals surface area contributed by atoms with Crippen LogP contribution in [-0.2, 0) is 0 Å². The number of para-hydroxylation sites is 1. The van der Waals surface area contributed by atoms with E-state index in [-0.39, 0.29) is 11.7 Å². The van der Waals surface area contributed by atoms with E-state index in [2.05, 4.69) is 30.9 Å². The number of anilines is 1. The molecule has 0 saturated carbocycles. The lowest BCUT2D eigenvalue weighted by Crippen LogP contribution is -2.11. The van der Waals surface area contributed by atoms with Gasteiger partial charge in [-0.15, -0.1) is 10.2 Å². The van der Waals surface area contributed by atoms with Crippen LogP contribution in [0.25, 0.3) is 10.9 Å². The van der Waals surface area contributed by atoms with E-state index in [9.17, 15) is 10.1 Å². The lowest BCUT2D eigenvalue weighted by atomic mass is 10.1. The first-order valence-corrected chi connectivity index (χ1v) is 6.19. The normalized spacial score (nSPS) is 12.2. The highest BCUT2D eigenvalue weighted by Gasteiger charge is 2.21. The summed E-state index contributed by atoms with van der Waals surface area (Å²) in [6.07, 6.45) is 1.24. The quantitative estimate of drug-likeness (QED) is 0.553. The van der Waals surface area contributed by atoms with Gasteiger partial charge in [0.25, 0.3) is 0 Å². The van der Waals surface area contributed by atoms with Gasteiger partial charge in [-0.3, -0.25) is 10.1 Å². The standard InChI is InChI=1S/C12H11N7O2/c1-7(12-15-17-18-16-12)14-11-8-4-2-3-5-9(8)13-6-10(11)19(20)21/h2-7H,1H3,(H,13,14)(H,15,16,17,18). The summed E-state index contributed by atoms with van der Waals surface area (Å²) in [6.45, 7) is 1.80. The molecule has 2 aromatic heterocycles. The molecule has 1 aromatic carbocycles. The van der Waals surface area contributed by atoms with Crippen molar-refractivity contribution in [1.82, 2.24) is 25.6 Å². The van der Waals surface area contributed by atoms with Crippen molar-refractivity contribution in [3.63, 3.8) is 0 Å². The van der Waals surface area contributed by atoms with Gasteiger partial charge in [0.1, 0.15) is 11.9 Å². The maximum atomic E-state index is 11.2. The summed E-state index contributed by atoms with van der Waals surface area (Å²) in [5.74, 6) is 0.421. The zero-order valence-corrected chi connectivity index (χ0v) is 11.0. The fourth-order valence-electron chi connectivity index (χ4n) is 2.05. The van der Waals surface area contributed by atoms with Crippen molar-refractivity contribution in [2.24, 2.45) is 0 Å². The second-order valence-corrected chi connectivity index (χ2v) is 4.43. The predicted molar refractivity (Wildman–Crippen MR) is 74.6 cm³/mol. The lowest BCUT2D eigenvalue weighted by Gasteiger charge is -2.13. The molecule has 2 heterocycles. The zero-order valence-electron chi connectivity index (χ0n) is 11.0. The van der Waals surface area contributed by atoms with Gasteiger partial charge < -0.3 is 5.32 Å². The Morgan fingerprint density at radius 1 is 1.38 bits per heavy atom. The Hall–Kier alpha value is -3.10. The molecule has 0 aliphatic heterocycles. The first-order valence-electron chi connectivity index (χ1n) is 6.19. The third-order valence-electron chi connectivity index (χ3n) is 3.06. The van der Waals surface area contributed by atoms with Gasteiger partial charge in [0.15, 0.2) is 5.82 Å². The van der Waals surface area contributed by atoms with Crippen molar-refractivity contribution in [2.45, 2.75) is 13.0 Å². The zero-order chi connectivity index (χ0) is 14.8. The maximum Gasteiger partial charge on any atom is 0.311 e. The van der Waals surface area contributed by atoms with Crippen molar-refractivity contribution in [2.75, 3.05) is 5.32 Å². The Balaban J connectivity index is 2.10. The Bertz CT molecular complexity index is 787. The number of nitrogens with one attached hydrogen (secondary N) is 2. The van der Waals surface area contributed by atoms with E-state index in [1.807, 2.05) is 6.07 Å². The highest BCUT2D eigenvalue weighted by Crippen LogP contribution is 2.33. The number of aromatic amines is 1. The summed E-state index contributed by atoms with van der Waals surface area (Å²) in [4.78, 5) is 14.8. The van der Waals surface area contributed by atoms with E-state index in [1.165, 1.54) is 6.20 Å². The monoisotopic (exact) mass is 285 g/mol. The fourth-order valence-corrected chi connectivity index (χ4v) is 2.05. The van der Waals surface area contributed by atoms with Gasteiger partial charge in [-0.2, -0.15) is 5.21 Å². The fraction of sp³-hybridized carbons (Fsp3) is 0.167. The molecule has 1 unspecified atom stereocenters. The van der Waals surface area contributed by atoms with Gasteiger partial charge in [-0.05, 0) is 13.0 Å². The maximum absolute atomic E-state index is 11.2. The second-order valence-electron chi connectivity index (χ2n) is 4.43. The van der Waals surface area contributed by atoms with Crippen molar-refractivity contribution in [3.8, 4) is 0 Å². The SMILES string of the molecule is CC(Nc1c([N+](=O)[O-])cnc2ccccc12)c1nn[nH]n1. The van der Waals surface area contributed by atoms with Crippen LogP contribution in [0, 0.1) is 10.1 Å². The molecule has 0 radical (unpaired) electrons. The molecule has 2 N–H and O–H groups in total. The number of H-pyrrole nitrogens is 1. The number of rotatable bonds is 4. The van der Waals surface area contributed by atoms with Gasteiger partial charge in [-0.1, -0.05) is 23.4 Å². The molecular weight excluding hydrogens is 274 g/mol. The number of tetrazole rings is 1. The predicted octanol–water partition coefficient (Wildman–Crippen LogP) is 1.83. The minimum atomic E-state index is -0.468. The number of fused-ring (bicyclic) bond motifs is 1. The van der Waals surface area contributed by atoms with Crippen LogP contribution in [-0.4, -0.2) is 30.5 Å². The summed E-state index contributed by atoms with van der Waals surface area (Å²) in [7, 11) is 0. The van der Waals surface area contributed by atoms with E-state index in [1.54, 1.807) is 25.1 Å². The van der Waals surface area contributed by atoms with Crippen LogP contribution in [0.1, 0.15) is 18.8 Å². The van der Waals surface area contributed by atoms with Crippen molar-refractivity contribution >= 4 is 22.3 Å². The Labute approximate surface area is 118 Å². The second kappa shape index (κ2) is 5.12. The first-order chi connectivity index (χ1) is 10.2. The van der Waals surface area contributed by atoms with Crippen molar-refractivity contribution < 1.29 is 4.92 Å². The van der Waals surface area contributed by atoms with Crippen molar-refractivity contribution in [3.05, 3.63) is 46.4 Å². The third-order valence-corrected chi connectivity index (χ3v) is 3.06. The lowest BCUT2D eigenvalue weighted by molar-refractivity contribution is -0.384. The number of benzene rings is 1. The molecule has 9 heteroatoms. The summed E-state index contributed by atoms with van der Waals surface area (Å²) in [6, 6.07) is 6.86. The molecule has 0 aliphatic carbocycles. The van der Waals surface area contributed by atoms with Crippen molar-refractivity contribution in [1.29, 1.82) is 0 Å². The summed E-state index contributed by atoms with van der Waals surface area (Å²) >= 11 is 0. The molecule has 1 atom stereocenters. The molecule has 0 fully saturated rings. The summed E-state index contributed by atoms with van der Waals surface area (Å²) < 4.78 is 0. The molecule has 0 saturated heterocycles. The van der Waals surface area contributed by atoms with E-state index >= 15 is 0 Å². The molecule has 3 rings (SSSR count). The van der Waals surface area contributed by atoms with Gasteiger partial charge in [0.2, 0.25) is 0 Å². The Kier molecular flexibility index (Phi) is 3.14. The number of nitrogens with zero attached hydrogens (tertiary/aromatic N) is 5. The van der Waals surface area contributed by atoms with Gasteiger partial charge >= 0.3 is 5.69 Å². The number of pyridine rings is 1. The number of nitro groups is 1. The van der Waals surface area contributed by atoms with Gasteiger partial charge in [0, 0.05) is 5.39 Å². The van der Waals surface area contributed by atoms with E-state index in [0.717, 1.165) is 0 Å². The van der Waals surface area contributed by atoms with E-state index < -0.39 is 4.92 Å². The van der Waals surface area contributed by atoms with Crippen LogP contribution < -0.4 is 5.32 Å². The van der Waals surface area contributed by atoms with Crippen LogP contribution in [0.15, 0.2) is 30.5 Å². The largest absolute Gasteiger partial charge is 0.369 e. The summed E-state index contributed by atoms with van der Waals surface area (Å²) in [5, 5.41) is 28.5. The molecule has 3 aromatic rings. The number of aromatic nitrogens is 5. The number of hydrogen-bond acceptors (Lipinski definition) is 7. The van der Waals surface area contributed by atoms with Gasteiger partial charge in [-0.25, -0.2) is 4.98 Å². The molecule has 0 aliphatic rings. The molecule has 0 bridgehead atoms. The average Bonchev–Trinajstić information content (AvgIpc) is 3.01. The average molecular weight is 285 g/mol. The molecule has 9 nitrogen and oxygen atoms in total. The topological polar surface area (TPSA) is 123 Å². The van der Waals surface area contributed by atoms with Crippen LogP contribution in [0.4, 0.5) is 11.4 Å². The molecular formula is C12H11N7O2. The summed E-state index contributed by atoms with van der Waals surface area (Å²) in [5.41, 5.74) is 0.970. The van der Waals surface area contributed by atoms with Gasteiger partial charge in [0.05, 0.1) is 16.5 Å². The molecule has 106 valence electrons. The highest BCUT2D eigenvalue weighted by molar-refractivity contribution is 5.95. The smallest absolute Gasteiger partial charge is 0.311 e. The minimum absolute atomic E-state index is 0.0935. The first kappa shape index (κ1) is 12.9. The molecule has 21 heavy (non-hydrogen) atoms. The molecule has 0 amide bonds.